The lowest BCUT2D eigenvalue weighted by Gasteiger charge is -2.29. The van der Waals surface area contributed by atoms with E-state index in [1.54, 1.807) is 35.2 Å². The molecule has 6 nitrogen and oxygen atoms in total. The number of hydrogen-bond donors (Lipinski definition) is 2. The van der Waals surface area contributed by atoms with E-state index in [0.29, 0.717) is 17.1 Å². The van der Waals surface area contributed by atoms with Crippen molar-refractivity contribution >= 4 is 23.3 Å². The molecule has 0 saturated heterocycles. The summed E-state index contributed by atoms with van der Waals surface area (Å²) in [5.74, 6) is -0.0618. The molecule has 2 N–H and O–H groups in total. The highest BCUT2D eigenvalue weighted by atomic mass is 16.5. The van der Waals surface area contributed by atoms with Crippen molar-refractivity contribution in [3.63, 3.8) is 0 Å². The highest BCUT2D eigenvalue weighted by Crippen LogP contribution is 2.31. The van der Waals surface area contributed by atoms with Gasteiger partial charge in [0.05, 0.1) is 12.2 Å². The summed E-state index contributed by atoms with van der Waals surface area (Å²) >= 11 is 0. The molecule has 0 aliphatic carbocycles. The van der Waals surface area contributed by atoms with Crippen molar-refractivity contribution in [2.24, 2.45) is 0 Å². The second kappa shape index (κ2) is 5.77. The fourth-order valence-corrected chi connectivity index (χ4v) is 2.26. The SMILES string of the molecule is O=C(CN1CC(=O)Oc2ccccc21)Nc1ccc(O)cc1. The van der Waals surface area contributed by atoms with Gasteiger partial charge >= 0.3 is 5.97 Å². The first-order valence-electron chi connectivity index (χ1n) is 6.75. The summed E-state index contributed by atoms with van der Waals surface area (Å²) in [7, 11) is 0. The van der Waals surface area contributed by atoms with Crippen LogP contribution in [0.1, 0.15) is 0 Å². The Kier molecular flexibility index (Phi) is 3.65. The monoisotopic (exact) mass is 298 g/mol. The van der Waals surface area contributed by atoms with Crippen LogP contribution < -0.4 is 15.0 Å². The molecule has 0 spiro atoms. The molecule has 0 atom stereocenters. The highest BCUT2D eigenvalue weighted by Gasteiger charge is 2.25. The predicted molar refractivity (Wildman–Crippen MR) is 81.0 cm³/mol. The number of anilines is 2. The fourth-order valence-electron chi connectivity index (χ4n) is 2.26. The van der Waals surface area contributed by atoms with Crippen LogP contribution in [0.5, 0.6) is 11.5 Å². The van der Waals surface area contributed by atoms with Gasteiger partial charge in [0, 0.05) is 5.69 Å². The summed E-state index contributed by atoms with van der Waals surface area (Å²) < 4.78 is 5.13. The Balaban J connectivity index is 1.71. The van der Waals surface area contributed by atoms with Crippen LogP contribution in [0.4, 0.5) is 11.4 Å². The molecule has 6 heteroatoms. The lowest BCUT2D eigenvalue weighted by molar-refractivity contribution is -0.133. The number of aromatic hydroxyl groups is 1. The smallest absolute Gasteiger partial charge is 0.331 e. The minimum atomic E-state index is -0.392. The second-order valence-electron chi connectivity index (χ2n) is 4.89. The predicted octanol–water partition coefficient (Wildman–Crippen LogP) is 1.76. The van der Waals surface area contributed by atoms with Crippen molar-refractivity contribution in [1.82, 2.24) is 0 Å². The van der Waals surface area contributed by atoms with E-state index in [4.69, 9.17) is 4.74 Å². The Hall–Kier alpha value is -3.02. The summed E-state index contributed by atoms with van der Waals surface area (Å²) in [4.78, 5) is 25.4. The van der Waals surface area contributed by atoms with Gasteiger partial charge in [-0.3, -0.25) is 4.79 Å². The third kappa shape index (κ3) is 3.01. The first kappa shape index (κ1) is 13.9. The number of nitrogens with one attached hydrogen (secondary N) is 1. The molecular weight excluding hydrogens is 284 g/mol. The van der Waals surface area contributed by atoms with E-state index < -0.39 is 5.97 Å². The maximum absolute atomic E-state index is 12.1. The number of rotatable bonds is 3. The van der Waals surface area contributed by atoms with Gasteiger partial charge < -0.3 is 20.1 Å². The maximum atomic E-state index is 12.1. The van der Waals surface area contributed by atoms with Crippen LogP contribution in [-0.2, 0) is 9.59 Å². The number of hydrogen-bond acceptors (Lipinski definition) is 5. The van der Waals surface area contributed by atoms with Gasteiger partial charge in [-0.1, -0.05) is 12.1 Å². The van der Waals surface area contributed by atoms with Crippen LogP contribution in [0, 0.1) is 0 Å². The number of esters is 1. The van der Waals surface area contributed by atoms with Crippen LogP contribution >= 0.6 is 0 Å². The van der Waals surface area contributed by atoms with Crippen molar-refractivity contribution in [1.29, 1.82) is 0 Å². The maximum Gasteiger partial charge on any atom is 0.331 e. The Bertz CT molecular complexity index is 712. The molecule has 0 bridgehead atoms. The van der Waals surface area contributed by atoms with E-state index >= 15 is 0 Å². The number of phenols is 1. The average molecular weight is 298 g/mol. The normalized spacial score (nSPS) is 13.3. The molecule has 0 radical (unpaired) electrons. The van der Waals surface area contributed by atoms with Crippen LogP contribution in [0.15, 0.2) is 48.5 Å². The molecule has 0 unspecified atom stereocenters. The molecule has 0 aromatic heterocycles. The van der Waals surface area contributed by atoms with E-state index in [-0.39, 0.29) is 24.7 Å². The topological polar surface area (TPSA) is 78.9 Å². The summed E-state index contributed by atoms with van der Waals surface area (Å²) in [5, 5.41) is 11.9. The molecule has 0 fully saturated rings. The van der Waals surface area contributed by atoms with Crippen LogP contribution in [0.3, 0.4) is 0 Å². The minimum absolute atomic E-state index is 0.0278. The molecule has 112 valence electrons. The van der Waals surface area contributed by atoms with Crippen molar-refractivity contribution in [2.75, 3.05) is 23.3 Å². The van der Waals surface area contributed by atoms with Crippen molar-refractivity contribution < 1.29 is 19.4 Å². The zero-order valence-electron chi connectivity index (χ0n) is 11.7. The lowest BCUT2D eigenvalue weighted by Crippen LogP contribution is -2.41. The van der Waals surface area contributed by atoms with Gasteiger partial charge in [-0.05, 0) is 36.4 Å². The number of ether oxygens (including phenoxy) is 1. The number of carbonyl (C=O) groups excluding carboxylic acids is 2. The molecule has 2 aromatic rings. The number of amides is 1. The number of phenolic OH excluding ortho intramolecular Hbond substituents is 1. The summed E-state index contributed by atoms with van der Waals surface area (Å²) in [6, 6.07) is 13.3. The molecule has 1 aliphatic rings. The number of benzene rings is 2. The highest BCUT2D eigenvalue weighted by molar-refractivity contribution is 5.96. The van der Waals surface area contributed by atoms with Crippen LogP contribution in [-0.4, -0.2) is 30.1 Å². The lowest BCUT2D eigenvalue weighted by atomic mass is 10.2. The number of fused-ring (bicyclic) bond motifs is 1. The Labute approximate surface area is 126 Å². The standard InChI is InChI=1S/C16H14N2O4/c19-12-7-5-11(6-8-12)17-15(20)9-18-10-16(21)22-14-4-2-1-3-13(14)18/h1-8,19H,9-10H2,(H,17,20). The average Bonchev–Trinajstić information content (AvgIpc) is 2.49. The third-order valence-electron chi connectivity index (χ3n) is 3.24. The summed E-state index contributed by atoms with van der Waals surface area (Å²) in [5.41, 5.74) is 1.29. The molecular formula is C16H14N2O4. The van der Waals surface area contributed by atoms with Crippen LogP contribution in [0.25, 0.3) is 0 Å². The Morgan fingerprint density at radius 1 is 1.18 bits per heavy atom. The van der Waals surface area contributed by atoms with E-state index in [1.165, 1.54) is 12.1 Å². The largest absolute Gasteiger partial charge is 0.508 e. The summed E-state index contributed by atoms with van der Waals surface area (Å²) in [6.07, 6.45) is 0. The molecule has 0 saturated carbocycles. The Morgan fingerprint density at radius 2 is 1.91 bits per heavy atom. The zero-order chi connectivity index (χ0) is 15.5. The molecule has 1 heterocycles. The van der Waals surface area contributed by atoms with Gasteiger partial charge in [0.2, 0.25) is 5.91 Å². The second-order valence-corrected chi connectivity index (χ2v) is 4.89. The van der Waals surface area contributed by atoms with E-state index in [9.17, 15) is 14.7 Å². The van der Waals surface area contributed by atoms with Gasteiger partial charge in [-0.2, -0.15) is 0 Å². The quantitative estimate of drug-likeness (QED) is 0.513. The molecule has 1 amide bonds. The molecule has 22 heavy (non-hydrogen) atoms. The number of para-hydroxylation sites is 2. The third-order valence-corrected chi connectivity index (χ3v) is 3.24. The van der Waals surface area contributed by atoms with Crippen molar-refractivity contribution in [3.8, 4) is 11.5 Å². The Morgan fingerprint density at radius 3 is 2.68 bits per heavy atom. The number of nitrogens with zero attached hydrogens (tertiary/aromatic N) is 1. The van der Waals surface area contributed by atoms with Gasteiger partial charge in [-0.15, -0.1) is 0 Å². The van der Waals surface area contributed by atoms with Gasteiger partial charge in [0.25, 0.3) is 0 Å². The van der Waals surface area contributed by atoms with Gasteiger partial charge in [0.1, 0.15) is 12.3 Å². The van der Waals surface area contributed by atoms with Gasteiger partial charge in [0.15, 0.2) is 5.75 Å². The van der Waals surface area contributed by atoms with E-state index in [1.807, 2.05) is 6.07 Å². The molecule has 1 aliphatic heterocycles. The fraction of sp³-hybridized carbons (Fsp3) is 0.125. The first-order chi connectivity index (χ1) is 10.6. The number of carbonyl (C=O) groups is 2. The van der Waals surface area contributed by atoms with E-state index in [0.717, 1.165) is 0 Å². The zero-order valence-corrected chi connectivity index (χ0v) is 11.7. The first-order valence-corrected chi connectivity index (χ1v) is 6.75. The van der Waals surface area contributed by atoms with Crippen molar-refractivity contribution in [3.05, 3.63) is 48.5 Å². The van der Waals surface area contributed by atoms with E-state index in [2.05, 4.69) is 5.32 Å². The summed E-state index contributed by atoms with van der Waals surface area (Å²) in [6.45, 7) is 0.0625. The van der Waals surface area contributed by atoms with Gasteiger partial charge in [-0.25, -0.2) is 4.79 Å². The molecule has 2 aromatic carbocycles. The minimum Gasteiger partial charge on any atom is -0.508 e. The molecule has 3 rings (SSSR count). The van der Waals surface area contributed by atoms with Crippen LogP contribution in [0.2, 0.25) is 0 Å². The van der Waals surface area contributed by atoms with Crippen molar-refractivity contribution in [2.45, 2.75) is 0 Å².